The van der Waals surface area contributed by atoms with Gasteiger partial charge in [0.25, 0.3) is 0 Å². The summed E-state index contributed by atoms with van der Waals surface area (Å²) in [7, 11) is 2.14. The van der Waals surface area contributed by atoms with Crippen molar-refractivity contribution >= 4 is 5.70 Å². The molecule has 92 valence electrons. The molecule has 1 saturated heterocycles. The molecule has 1 aromatic carbocycles. The second-order valence-electron chi connectivity index (χ2n) is 4.48. The summed E-state index contributed by atoms with van der Waals surface area (Å²) < 4.78 is 0. The molecule has 4 heteroatoms. The molecule has 4 N–H and O–H groups in total. The first-order valence-corrected chi connectivity index (χ1v) is 5.96. The minimum absolute atomic E-state index is 0.520. The molecule has 1 heterocycles. The number of nitrogens with two attached hydrogens (primary N) is 1. The van der Waals surface area contributed by atoms with E-state index in [1.54, 1.807) is 0 Å². The average molecular weight is 232 g/mol. The molecule has 0 spiro atoms. The third-order valence-electron chi connectivity index (χ3n) is 3.10. The van der Waals surface area contributed by atoms with E-state index in [9.17, 15) is 0 Å². The van der Waals surface area contributed by atoms with Crippen LogP contribution in [0.3, 0.4) is 0 Å². The summed E-state index contributed by atoms with van der Waals surface area (Å²) in [6, 6.07) is 10.6. The van der Waals surface area contributed by atoms with Gasteiger partial charge < -0.3 is 15.6 Å². The van der Waals surface area contributed by atoms with Crippen molar-refractivity contribution in [2.45, 2.75) is 12.5 Å². The van der Waals surface area contributed by atoms with E-state index in [1.165, 1.54) is 6.42 Å². The summed E-state index contributed by atoms with van der Waals surface area (Å²) in [5.74, 6) is 5.55. The normalized spacial score (nSPS) is 21.5. The van der Waals surface area contributed by atoms with E-state index in [2.05, 4.69) is 22.7 Å². The van der Waals surface area contributed by atoms with Crippen molar-refractivity contribution in [3.63, 3.8) is 0 Å². The number of benzene rings is 1. The maximum Gasteiger partial charge on any atom is 0.0715 e. The van der Waals surface area contributed by atoms with Gasteiger partial charge in [-0.15, -0.1) is 0 Å². The zero-order valence-corrected chi connectivity index (χ0v) is 10.2. The monoisotopic (exact) mass is 232 g/mol. The van der Waals surface area contributed by atoms with Gasteiger partial charge in [0, 0.05) is 24.4 Å². The largest absolute Gasteiger partial charge is 0.385 e. The van der Waals surface area contributed by atoms with E-state index in [1.807, 2.05) is 36.5 Å². The van der Waals surface area contributed by atoms with E-state index < -0.39 is 0 Å². The first kappa shape index (κ1) is 12.0. The molecule has 4 nitrogen and oxygen atoms in total. The van der Waals surface area contributed by atoms with Crippen LogP contribution in [-0.4, -0.2) is 31.1 Å². The molecule has 0 radical (unpaired) electrons. The number of nitrogens with one attached hydrogen (secondary N) is 2. The van der Waals surface area contributed by atoms with Gasteiger partial charge in [0.15, 0.2) is 0 Å². The predicted molar refractivity (Wildman–Crippen MR) is 70.8 cm³/mol. The maximum absolute atomic E-state index is 5.55. The molecule has 1 unspecified atom stereocenters. The number of likely N-dealkylation sites (N-methyl/N-ethyl adjacent to an activating group) is 1. The van der Waals surface area contributed by atoms with Gasteiger partial charge in [0.05, 0.1) is 5.70 Å². The first-order chi connectivity index (χ1) is 8.29. The Morgan fingerprint density at radius 1 is 1.41 bits per heavy atom. The third kappa shape index (κ3) is 3.22. The minimum atomic E-state index is 0.520. The van der Waals surface area contributed by atoms with E-state index in [-0.39, 0.29) is 0 Å². The Morgan fingerprint density at radius 2 is 2.18 bits per heavy atom. The van der Waals surface area contributed by atoms with Crippen molar-refractivity contribution < 1.29 is 0 Å². The Labute approximate surface area is 102 Å². The van der Waals surface area contributed by atoms with Gasteiger partial charge in [-0.25, -0.2) is 0 Å². The van der Waals surface area contributed by atoms with E-state index >= 15 is 0 Å². The van der Waals surface area contributed by atoms with Crippen molar-refractivity contribution in [3.05, 3.63) is 42.1 Å². The highest BCUT2D eigenvalue weighted by molar-refractivity contribution is 5.62. The molecule has 0 bridgehead atoms. The van der Waals surface area contributed by atoms with Crippen LogP contribution < -0.4 is 16.6 Å². The number of hydrogen-bond donors (Lipinski definition) is 3. The fraction of sp³-hybridized carbons (Fsp3) is 0.385. The van der Waals surface area contributed by atoms with Crippen molar-refractivity contribution in [2.75, 3.05) is 20.1 Å². The zero-order chi connectivity index (χ0) is 12.1. The van der Waals surface area contributed by atoms with Crippen LogP contribution in [0.2, 0.25) is 0 Å². The summed E-state index contributed by atoms with van der Waals surface area (Å²) in [5.41, 5.74) is 4.75. The summed E-state index contributed by atoms with van der Waals surface area (Å²) in [6.45, 7) is 2.24. The smallest absolute Gasteiger partial charge is 0.0715 e. The van der Waals surface area contributed by atoms with Crippen molar-refractivity contribution in [2.24, 2.45) is 5.84 Å². The van der Waals surface area contributed by atoms with Crippen molar-refractivity contribution in [1.29, 1.82) is 0 Å². The highest BCUT2D eigenvalue weighted by Crippen LogP contribution is 2.10. The molecule has 0 amide bonds. The summed E-state index contributed by atoms with van der Waals surface area (Å²) >= 11 is 0. The molecule has 0 aromatic heterocycles. The lowest BCUT2D eigenvalue weighted by Crippen LogP contribution is -2.29. The lowest BCUT2D eigenvalue weighted by atomic mass is 10.2. The standard InChI is InChI=1S/C13H20N4/c1-17-8-7-12(10-17)15-9-13(16-14)11-5-3-2-4-6-11/h2-6,9,12,15-16H,7-8,10,14H2,1H3/b13-9-. The fourth-order valence-electron chi connectivity index (χ4n) is 2.10. The van der Waals surface area contributed by atoms with Crippen molar-refractivity contribution in [3.8, 4) is 0 Å². The average Bonchev–Trinajstić information content (AvgIpc) is 2.77. The molecular formula is C13H20N4. The molecule has 1 fully saturated rings. The molecule has 0 saturated carbocycles. The molecule has 1 aromatic rings. The Kier molecular flexibility index (Phi) is 4.01. The molecular weight excluding hydrogens is 212 g/mol. The summed E-state index contributed by atoms with van der Waals surface area (Å²) in [6.07, 6.45) is 3.15. The lowest BCUT2D eigenvalue weighted by molar-refractivity contribution is 0.405. The quantitative estimate of drug-likeness (QED) is 0.529. The van der Waals surface area contributed by atoms with Crippen LogP contribution in [0.1, 0.15) is 12.0 Å². The lowest BCUT2D eigenvalue weighted by Gasteiger charge is -2.13. The molecule has 1 aliphatic heterocycles. The van der Waals surface area contributed by atoms with E-state index in [0.717, 1.165) is 24.4 Å². The minimum Gasteiger partial charge on any atom is -0.385 e. The summed E-state index contributed by atoms with van der Waals surface area (Å²) in [4.78, 5) is 2.32. The second kappa shape index (κ2) is 5.70. The number of nitrogens with zero attached hydrogens (tertiary/aromatic N) is 1. The number of rotatable bonds is 4. The van der Waals surface area contributed by atoms with Gasteiger partial charge in [0.2, 0.25) is 0 Å². The van der Waals surface area contributed by atoms with E-state index in [4.69, 9.17) is 5.84 Å². The van der Waals surface area contributed by atoms with Gasteiger partial charge >= 0.3 is 0 Å². The van der Waals surface area contributed by atoms with Crippen LogP contribution in [-0.2, 0) is 0 Å². The Bertz CT molecular complexity index is 374. The third-order valence-corrected chi connectivity index (χ3v) is 3.10. The molecule has 2 rings (SSSR count). The first-order valence-electron chi connectivity index (χ1n) is 5.96. The van der Waals surface area contributed by atoms with Crippen LogP contribution in [0.5, 0.6) is 0 Å². The topological polar surface area (TPSA) is 53.3 Å². The highest BCUT2D eigenvalue weighted by atomic mass is 15.2. The molecule has 0 aliphatic carbocycles. The number of hydrazine groups is 1. The summed E-state index contributed by atoms with van der Waals surface area (Å²) in [5, 5.41) is 3.42. The molecule has 1 atom stereocenters. The zero-order valence-electron chi connectivity index (χ0n) is 10.2. The molecule has 1 aliphatic rings. The van der Waals surface area contributed by atoms with Crippen LogP contribution in [0.25, 0.3) is 5.70 Å². The van der Waals surface area contributed by atoms with Gasteiger partial charge in [0.1, 0.15) is 0 Å². The second-order valence-corrected chi connectivity index (χ2v) is 4.48. The fourth-order valence-corrected chi connectivity index (χ4v) is 2.10. The van der Waals surface area contributed by atoms with Gasteiger partial charge in [-0.05, 0) is 20.0 Å². The Balaban J connectivity index is 1.99. The van der Waals surface area contributed by atoms with Crippen LogP contribution in [0.15, 0.2) is 36.5 Å². The highest BCUT2D eigenvalue weighted by Gasteiger charge is 2.17. The number of likely N-dealkylation sites (tertiary alicyclic amines) is 1. The maximum atomic E-state index is 5.55. The Hall–Kier alpha value is -1.52. The van der Waals surface area contributed by atoms with Crippen molar-refractivity contribution in [1.82, 2.24) is 15.6 Å². The Morgan fingerprint density at radius 3 is 2.76 bits per heavy atom. The van der Waals surface area contributed by atoms with Crippen LogP contribution in [0, 0.1) is 0 Å². The van der Waals surface area contributed by atoms with Gasteiger partial charge in [-0.2, -0.15) is 0 Å². The number of hydrogen-bond acceptors (Lipinski definition) is 4. The molecule has 17 heavy (non-hydrogen) atoms. The van der Waals surface area contributed by atoms with Gasteiger partial charge in [-0.1, -0.05) is 30.3 Å². The van der Waals surface area contributed by atoms with Crippen LogP contribution >= 0.6 is 0 Å². The predicted octanol–water partition coefficient (Wildman–Crippen LogP) is 0.742. The SMILES string of the molecule is CN1CCC(N/C=C(\NN)c2ccccc2)C1. The van der Waals surface area contributed by atoms with E-state index in [0.29, 0.717) is 6.04 Å². The van der Waals surface area contributed by atoms with Gasteiger partial charge in [-0.3, -0.25) is 5.84 Å². The van der Waals surface area contributed by atoms with Crippen LogP contribution in [0.4, 0.5) is 0 Å².